The Labute approximate surface area is 178 Å². The van der Waals surface area contributed by atoms with Gasteiger partial charge in [0.1, 0.15) is 5.70 Å². The normalized spacial score (nSPS) is 17.3. The first-order chi connectivity index (χ1) is 14.9. The fourth-order valence-electron chi connectivity index (χ4n) is 3.77. The lowest BCUT2D eigenvalue weighted by Gasteiger charge is -2.34. The third-order valence-corrected chi connectivity index (χ3v) is 5.50. The van der Waals surface area contributed by atoms with Crippen LogP contribution in [0, 0.1) is 21.4 Å². The molecule has 0 atom stereocenters. The lowest BCUT2D eigenvalue weighted by atomic mass is 10.0. The van der Waals surface area contributed by atoms with Crippen LogP contribution in [0.15, 0.2) is 54.2 Å². The van der Waals surface area contributed by atoms with Crippen molar-refractivity contribution in [2.24, 2.45) is 0 Å². The second-order valence-electron chi connectivity index (χ2n) is 7.42. The summed E-state index contributed by atoms with van der Waals surface area (Å²) in [5.74, 6) is -0.926. The lowest BCUT2D eigenvalue weighted by molar-refractivity contribution is -0.384. The number of likely N-dealkylation sites (N-methyl/N-ethyl adjacent to an activating group) is 1. The van der Waals surface area contributed by atoms with Crippen LogP contribution in [0.3, 0.4) is 0 Å². The van der Waals surface area contributed by atoms with E-state index in [0.29, 0.717) is 35.6 Å². The van der Waals surface area contributed by atoms with Crippen LogP contribution in [0.5, 0.6) is 0 Å². The fraction of sp³-hybridized carbons (Fsp3) is 0.227. The summed E-state index contributed by atoms with van der Waals surface area (Å²) in [6.07, 6.45) is 0. The van der Waals surface area contributed by atoms with Gasteiger partial charge in [0.15, 0.2) is 0 Å². The van der Waals surface area contributed by atoms with Crippen LogP contribution in [0.4, 0.5) is 11.4 Å². The molecule has 4 rings (SSSR count). The molecule has 1 fully saturated rings. The number of nitriles is 1. The van der Waals surface area contributed by atoms with Gasteiger partial charge in [-0.3, -0.25) is 19.7 Å². The number of nitro benzene ring substituents is 1. The van der Waals surface area contributed by atoms with Crippen molar-refractivity contribution in [3.8, 4) is 6.07 Å². The number of hydrogen-bond acceptors (Lipinski definition) is 7. The summed E-state index contributed by atoms with van der Waals surface area (Å²) in [6, 6.07) is 13.9. The molecule has 156 valence electrons. The molecule has 2 aliphatic rings. The van der Waals surface area contributed by atoms with Crippen molar-refractivity contribution in [1.82, 2.24) is 9.80 Å². The van der Waals surface area contributed by atoms with Crippen molar-refractivity contribution < 1.29 is 14.5 Å². The molecule has 2 aromatic carbocycles. The molecule has 2 aliphatic heterocycles. The number of hydrogen-bond donors (Lipinski definition) is 0. The van der Waals surface area contributed by atoms with Crippen LogP contribution in [0.2, 0.25) is 0 Å². The first-order valence-electron chi connectivity index (χ1n) is 9.72. The van der Waals surface area contributed by atoms with Gasteiger partial charge in [0.25, 0.3) is 17.5 Å². The topological polar surface area (TPSA) is 111 Å². The Morgan fingerprint density at radius 2 is 1.55 bits per heavy atom. The molecule has 31 heavy (non-hydrogen) atoms. The summed E-state index contributed by atoms with van der Waals surface area (Å²) in [7, 11) is 1.99. The molecule has 9 nitrogen and oxygen atoms in total. The summed E-state index contributed by atoms with van der Waals surface area (Å²) in [6.45, 7) is 2.66. The van der Waals surface area contributed by atoms with E-state index in [9.17, 15) is 19.7 Å². The van der Waals surface area contributed by atoms with E-state index in [-0.39, 0.29) is 11.3 Å². The summed E-state index contributed by atoms with van der Waals surface area (Å²) < 4.78 is 0. The monoisotopic (exact) mass is 417 g/mol. The number of carbonyl (C=O) groups is 2. The molecule has 0 unspecified atom stereocenters. The van der Waals surface area contributed by atoms with Gasteiger partial charge in [-0.15, -0.1) is 0 Å². The Morgan fingerprint density at radius 3 is 2.10 bits per heavy atom. The number of carbonyl (C=O) groups excluding carboxylic acids is 2. The van der Waals surface area contributed by atoms with Crippen LogP contribution in [-0.4, -0.2) is 59.8 Å². The third-order valence-electron chi connectivity index (χ3n) is 5.50. The molecule has 0 aromatic heterocycles. The zero-order valence-corrected chi connectivity index (χ0v) is 16.8. The molecule has 0 radical (unpaired) electrons. The standard InChI is InChI=1S/C22H19N5O4/c1-24-10-12-25(13-11-24)20-19(16-4-8-18(9-5-16)27(30)31)21(28)26(22(20)29)17-6-2-15(14-23)3-7-17/h2-9H,10-13H2,1H3. The van der Waals surface area contributed by atoms with Crippen LogP contribution < -0.4 is 4.90 Å². The Bertz CT molecular complexity index is 1120. The number of imide groups is 1. The highest BCUT2D eigenvalue weighted by atomic mass is 16.6. The van der Waals surface area contributed by atoms with Crippen LogP contribution in [-0.2, 0) is 9.59 Å². The quantitative estimate of drug-likeness (QED) is 0.425. The third kappa shape index (κ3) is 3.65. The Kier molecular flexibility index (Phi) is 5.23. The first kappa shape index (κ1) is 20.3. The number of non-ortho nitro benzene ring substituents is 1. The van der Waals surface area contributed by atoms with E-state index in [1.54, 1.807) is 24.3 Å². The number of benzene rings is 2. The van der Waals surface area contributed by atoms with Gasteiger partial charge < -0.3 is 9.80 Å². The number of rotatable bonds is 4. The SMILES string of the molecule is CN1CCN(C2=C(c3ccc([N+](=O)[O-])cc3)C(=O)N(c3ccc(C#N)cc3)C2=O)CC1. The van der Waals surface area contributed by atoms with Gasteiger partial charge in [0, 0.05) is 38.3 Å². The zero-order valence-electron chi connectivity index (χ0n) is 16.8. The van der Waals surface area contributed by atoms with Crippen molar-refractivity contribution in [3.63, 3.8) is 0 Å². The van der Waals surface area contributed by atoms with Gasteiger partial charge in [-0.1, -0.05) is 0 Å². The molecular weight excluding hydrogens is 398 g/mol. The predicted octanol–water partition coefficient (Wildman–Crippen LogP) is 2.00. The average Bonchev–Trinajstić information content (AvgIpc) is 3.04. The largest absolute Gasteiger partial charge is 0.364 e. The van der Waals surface area contributed by atoms with Crippen LogP contribution in [0.25, 0.3) is 5.57 Å². The van der Waals surface area contributed by atoms with Crippen molar-refractivity contribution in [3.05, 3.63) is 75.5 Å². The van der Waals surface area contributed by atoms with E-state index in [1.807, 2.05) is 18.0 Å². The second kappa shape index (κ2) is 8.01. The van der Waals surface area contributed by atoms with Gasteiger partial charge in [0.2, 0.25) is 0 Å². The van der Waals surface area contributed by atoms with E-state index >= 15 is 0 Å². The highest BCUT2D eigenvalue weighted by molar-refractivity contribution is 6.45. The minimum absolute atomic E-state index is 0.0915. The van der Waals surface area contributed by atoms with Crippen molar-refractivity contribution in [2.45, 2.75) is 0 Å². The van der Waals surface area contributed by atoms with Gasteiger partial charge in [-0.25, -0.2) is 4.90 Å². The van der Waals surface area contributed by atoms with E-state index in [2.05, 4.69) is 4.90 Å². The molecule has 9 heteroatoms. The van der Waals surface area contributed by atoms with E-state index in [1.165, 1.54) is 24.3 Å². The summed E-state index contributed by atoms with van der Waals surface area (Å²) in [5.41, 5.74) is 1.69. The average molecular weight is 417 g/mol. The molecule has 2 amide bonds. The molecule has 2 heterocycles. The van der Waals surface area contributed by atoms with Crippen molar-refractivity contribution in [2.75, 3.05) is 38.1 Å². The van der Waals surface area contributed by atoms with Gasteiger partial charge in [0.05, 0.1) is 27.8 Å². The van der Waals surface area contributed by atoms with E-state index in [4.69, 9.17) is 5.26 Å². The number of piperazine rings is 1. The molecular formula is C22H19N5O4. The smallest absolute Gasteiger partial charge is 0.282 e. The van der Waals surface area contributed by atoms with Crippen LogP contribution in [0.1, 0.15) is 11.1 Å². The zero-order chi connectivity index (χ0) is 22.1. The number of amides is 2. The maximum atomic E-state index is 13.4. The van der Waals surface area contributed by atoms with Gasteiger partial charge >= 0.3 is 0 Å². The predicted molar refractivity (Wildman–Crippen MR) is 113 cm³/mol. The maximum absolute atomic E-state index is 13.4. The molecule has 1 saturated heterocycles. The van der Waals surface area contributed by atoms with Crippen LogP contribution >= 0.6 is 0 Å². The number of anilines is 1. The Hall–Kier alpha value is -4.03. The first-order valence-corrected chi connectivity index (χ1v) is 9.72. The lowest BCUT2D eigenvalue weighted by Crippen LogP contribution is -2.46. The molecule has 0 bridgehead atoms. The number of nitro groups is 1. The van der Waals surface area contributed by atoms with Crippen molar-refractivity contribution >= 4 is 28.8 Å². The molecule has 0 saturated carbocycles. The minimum atomic E-state index is -0.510. The fourth-order valence-corrected chi connectivity index (χ4v) is 3.77. The summed E-state index contributed by atoms with van der Waals surface area (Å²) in [5, 5.41) is 20.0. The van der Waals surface area contributed by atoms with E-state index < -0.39 is 16.7 Å². The van der Waals surface area contributed by atoms with Gasteiger partial charge in [-0.05, 0) is 49.0 Å². The van der Waals surface area contributed by atoms with E-state index in [0.717, 1.165) is 18.0 Å². The summed E-state index contributed by atoms with van der Waals surface area (Å²) in [4.78, 5) is 42.5. The summed E-state index contributed by atoms with van der Waals surface area (Å²) >= 11 is 0. The van der Waals surface area contributed by atoms with Crippen molar-refractivity contribution in [1.29, 1.82) is 5.26 Å². The second-order valence-corrected chi connectivity index (χ2v) is 7.42. The minimum Gasteiger partial charge on any atom is -0.364 e. The highest BCUT2D eigenvalue weighted by Gasteiger charge is 2.43. The number of nitrogens with zero attached hydrogens (tertiary/aromatic N) is 5. The van der Waals surface area contributed by atoms with Gasteiger partial charge in [-0.2, -0.15) is 5.26 Å². The Morgan fingerprint density at radius 1 is 0.935 bits per heavy atom. The molecule has 2 aromatic rings. The Balaban J connectivity index is 1.78. The molecule has 0 spiro atoms. The molecule has 0 aliphatic carbocycles. The molecule has 0 N–H and O–H groups in total. The highest BCUT2D eigenvalue weighted by Crippen LogP contribution is 2.35. The maximum Gasteiger partial charge on any atom is 0.282 e.